The summed E-state index contributed by atoms with van der Waals surface area (Å²) >= 11 is 0. The van der Waals surface area contributed by atoms with Gasteiger partial charge in [0.25, 0.3) is 0 Å². The second-order valence-corrected chi connectivity index (χ2v) is 5.46. The highest BCUT2D eigenvalue weighted by atomic mass is 16.6. The summed E-state index contributed by atoms with van der Waals surface area (Å²) in [6.07, 6.45) is -0.508. The Morgan fingerprint density at radius 2 is 1.36 bits per heavy atom. The van der Waals surface area contributed by atoms with E-state index in [0.29, 0.717) is 17.5 Å². The van der Waals surface area contributed by atoms with Crippen LogP contribution in [0.2, 0.25) is 0 Å². The molecule has 2 unspecified atom stereocenters. The fourth-order valence-electron chi connectivity index (χ4n) is 2.34. The molecule has 0 fully saturated rings. The van der Waals surface area contributed by atoms with Crippen LogP contribution in [-0.4, -0.2) is 37.9 Å². The van der Waals surface area contributed by atoms with E-state index in [-0.39, 0.29) is 6.61 Å². The Balaban J connectivity index is 1.94. The molecule has 0 heterocycles. The fourth-order valence-corrected chi connectivity index (χ4v) is 2.34. The van der Waals surface area contributed by atoms with Crippen molar-refractivity contribution in [2.75, 3.05) is 13.7 Å². The normalized spacial score (nSPS) is 12.9. The zero-order valence-electron chi connectivity index (χ0n) is 14.4. The summed E-state index contributed by atoms with van der Waals surface area (Å²) in [7, 11) is 1.50. The Morgan fingerprint density at radius 3 is 1.84 bits per heavy atom. The third kappa shape index (κ3) is 5.43. The monoisotopic (exact) mass is 342 g/mol. The van der Waals surface area contributed by atoms with Gasteiger partial charge in [-0.2, -0.15) is 0 Å². The molecule has 2 rings (SSSR count). The van der Waals surface area contributed by atoms with Gasteiger partial charge in [-0.15, -0.1) is 0 Å². The van der Waals surface area contributed by atoms with Crippen LogP contribution < -0.4 is 0 Å². The predicted molar refractivity (Wildman–Crippen MR) is 93.5 cm³/mol. The number of ether oxygens (including phenoxy) is 3. The van der Waals surface area contributed by atoms with Crippen molar-refractivity contribution in [1.29, 1.82) is 0 Å². The van der Waals surface area contributed by atoms with Crippen LogP contribution in [0.1, 0.15) is 34.1 Å². The Labute approximate surface area is 147 Å². The molecule has 5 nitrogen and oxygen atoms in total. The Bertz CT molecular complexity index is 669. The minimum absolute atomic E-state index is 0.00477. The van der Waals surface area contributed by atoms with Gasteiger partial charge in [-0.25, -0.2) is 9.59 Å². The summed E-state index contributed by atoms with van der Waals surface area (Å²) in [5.41, 5.74) is 0.934. The minimum Gasteiger partial charge on any atom is -0.459 e. The molecule has 2 atom stereocenters. The van der Waals surface area contributed by atoms with Gasteiger partial charge in [-0.05, 0) is 30.7 Å². The van der Waals surface area contributed by atoms with Gasteiger partial charge in [0.05, 0.1) is 11.1 Å². The molecule has 25 heavy (non-hydrogen) atoms. The lowest BCUT2D eigenvalue weighted by Crippen LogP contribution is -2.36. The molecule has 0 aliphatic rings. The Hall–Kier alpha value is -2.66. The van der Waals surface area contributed by atoms with Crippen molar-refractivity contribution in [3.63, 3.8) is 0 Å². The van der Waals surface area contributed by atoms with Gasteiger partial charge in [0.15, 0.2) is 0 Å². The van der Waals surface area contributed by atoms with Crippen molar-refractivity contribution in [2.45, 2.75) is 25.6 Å². The quantitative estimate of drug-likeness (QED) is 0.687. The van der Waals surface area contributed by atoms with Crippen molar-refractivity contribution in [2.24, 2.45) is 0 Å². The van der Waals surface area contributed by atoms with Gasteiger partial charge < -0.3 is 14.2 Å². The van der Waals surface area contributed by atoms with E-state index in [1.807, 2.05) is 19.1 Å². The molecule has 2 aromatic rings. The van der Waals surface area contributed by atoms with Crippen LogP contribution in [-0.2, 0) is 14.2 Å². The maximum absolute atomic E-state index is 12.2. The van der Waals surface area contributed by atoms with E-state index in [0.717, 1.165) is 0 Å². The second kappa shape index (κ2) is 9.59. The largest absolute Gasteiger partial charge is 0.459 e. The van der Waals surface area contributed by atoms with Gasteiger partial charge in [0.1, 0.15) is 18.8 Å². The zero-order chi connectivity index (χ0) is 18.1. The molecule has 132 valence electrons. The van der Waals surface area contributed by atoms with E-state index in [1.54, 1.807) is 48.5 Å². The summed E-state index contributed by atoms with van der Waals surface area (Å²) in [6.45, 7) is 1.89. The number of carbonyl (C=O) groups excluding carboxylic acids is 2. The number of rotatable bonds is 8. The van der Waals surface area contributed by atoms with Crippen LogP contribution in [0.25, 0.3) is 0 Å². The van der Waals surface area contributed by atoms with Crippen LogP contribution in [0.3, 0.4) is 0 Å². The molecule has 5 heteroatoms. The lowest BCUT2D eigenvalue weighted by molar-refractivity contribution is -0.0620. The van der Waals surface area contributed by atoms with E-state index >= 15 is 0 Å². The molecule has 0 radical (unpaired) electrons. The lowest BCUT2D eigenvalue weighted by atomic mass is 10.1. The number of carbonyl (C=O) groups is 2. The van der Waals surface area contributed by atoms with E-state index in [2.05, 4.69) is 0 Å². The van der Waals surface area contributed by atoms with Gasteiger partial charge in [-0.1, -0.05) is 43.3 Å². The minimum atomic E-state index is -0.537. The Kier molecular flexibility index (Phi) is 7.16. The molecule has 0 aliphatic carbocycles. The first kappa shape index (κ1) is 18.7. The van der Waals surface area contributed by atoms with E-state index in [1.165, 1.54) is 7.11 Å². The number of hydrogen-bond donors (Lipinski definition) is 0. The van der Waals surface area contributed by atoms with Gasteiger partial charge in [0.2, 0.25) is 0 Å². The number of hydrogen-bond acceptors (Lipinski definition) is 5. The van der Waals surface area contributed by atoms with E-state index < -0.39 is 24.1 Å². The smallest absolute Gasteiger partial charge is 0.338 e. The molecule has 0 aromatic heterocycles. The third-order valence-corrected chi connectivity index (χ3v) is 3.78. The molecule has 0 spiro atoms. The van der Waals surface area contributed by atoms with Crippen molar-refractivity contribution < 1.29 is 23.8 Å². The number of esters is 2. The average molecular weight is 342 g/mol. The summed E-state index contributed by atoms with van der Waals surface area (Å²) < 4.78 is 16.2. The molecule has 2 aromatic carbocycles. The average Bonchev–Trinajstić information content (AvgIpc) is 2.68. The first-order valence-electron chi connectivity index (χ1n) is 8.16. The van der Waals surface area contributed by atoms with E-state index in [4.69, 9.17) is 14.2 Å². The maximum Gasteiger partial charge on any atom is 0.338 e. The third-order valence-electron chi connectivity index (χ3n) is 3.78. The maximum atomic E-state index is 12.2. The highest BCUT2D eigenvalue weighted by molar-refractivity contribution is 5.90. The number of benzene rings is 2. The summed E-state index contributed by atoms with van der Waals surface area (Å²) in [5.74, 6) is -0.865. The van der Waals surface area contributed by atoms with Crippen molar-refractivity contribution in [1.82, 2.24) is 0 Å². The van der Waals surface area contributed by atoms with Crippen LogP contribution in [0.4, 0.5) is 0 Å². The van der Waals surface area contributed by atoms with Crippen molar-refractivity contribution in [3.8, 4) is 0 Å². The van der Waals surface area contributed by atoms with Gasteiger partial charge in [-0.3, -0.25) is 0 Å². The molecular weight excluding hydrogens is 320 g/mol. The standard InChI is InChI=1S/C20H22O5/c1-3-17(25-20(22)16-12-8-5-9-13-16)18(23-2)14-24-19(21)15-10-6-4-7-11-15/h4-13,17-18H,3,14H2,1-2H3. The number of methoxy groups -OCH3 is 1. The first-order valence-corrected chi connectivity index (χ1v) is 8.16. The highest BCUT2D eigenvalue weighted by Gasteiger charge is 2.26. The lowest BCUT2D eigenvalue weighted by Gasteiger charge is -2.24. The molecule has 0 saturated heterocycles. The summed E-state index contributed by atoms with van der Waals surface area (Å²) in [5, 5.41) is 0. The zero-order valence-corrected chi connectivity index (χ0v) is 14.4. The van der Waals surface area contributed by atoms with Crippen molar-refractivity contribution >= 4 is 11.9 Å². The second-order valence-electron chi connectivity index (χ2n) is 5.46. The summed E-state index contributed by atoms with van der Waals surface area (Å²) in [4.78, 5) is 24.2. The SMILES string of the molecule is CCC(OC(=O)c1ccccc1)C(COC(=O)c1ccccc1)OC. The van der Waals surface area contributed by atoms with Gasteiger partial charge >= 0.3 is 11.9 Å². The fraction of sp³-hybridized carbons (Fsp3) is 0.300. The molecular formula is C20H22O5. The molecule has 0 bridgehead atoms. The predicted octanol–water partition coefficient (Wildman–Crippen LogP) is 3.49. The van der Waals surface area contributed by atoms with E-state index in [9.17, 15) is 9.59 Å². The molecule has 0 aliphatic heterocycles. The van der Waals surface area contributed by atoms with Crippen LogP contribution in [0.15, 0.2) is 60.7 Å². The van der Waals surface area contributed by atoms with Crippen molar-refractivity contribution in [3.05, 3.63) is 71.8 Å². The highest BCUT2D eigenvalue weighted by Crippen LogP contribution is 2.13. The van der Waals surface area contributed by atoms with Gasteiger partial charge in [0, 0.05) is 7.11 Å². The Morgan fingerprint density at radius 1 is 0.840 bits per heavy atom. The van der Waals surface area contributed by atoms with Crippen LogP contribution in [0, 0.1) is 0 Å². The van der Waals surface area contributed by atoms with Crippen LogP contribution in [0.5, 0.6) is 0 Å². The summed E-state index contributed by atoms with van der Waals surface area (Å²) in [6, 6.07) is 17.5. The molecule has 0 amide bonds. The van der Waals surface area contributed by atoms with Crippen LogP contribution >= 0.6 is 0 Å². The topological polar surface area (TPSA) is 61.8 Å². The molecule has 0 N–H and O–H groups in total. The molecule has 0 saturated carbocycles. The first-order chi connectivity index (χ1) is 12.2.